The van der Waals surface area contributed by atoms with Crippen molar-refractivity contribution in [1.29, 1.82) is 0 Å². The number of aromatic carboxylic acids is 1. The molecular weight excluding hydrogens is 278 g/mol. The predicted molar refractivity (Wildman–Crippen MR) is 74.2 cm³/mol. The summed E-state index contributed by atoms with van der Waals surface area (Å²) in [4.78, 5) is 34.6. The Morgan fingerprint density at radius 3 is 2.43 bits per heavy atom. The number of carboxylic acids is 1. The Balaban J connectivity index is 2.37. The van der Waals surface area contributed by atoms with E-state index in [2.05, 4.69) is 0 Å². The van der Waals surface area contributed by atoms with Crippen molar-refractivity contribution in [2.45, 2.75) is 12.8 Å². The van der Waals surface area contributed by atoms with Gasteiger partial charge < -0.3 is 15.7 Å². The van der Waals surface area contributed by atoms with Crippen LogP contribution < -0.4 is 10.6 Å². The number of nitrogens with zero attached hydrogens (tertiary/aromatic N) is 2. The lowest BCUT2D eigenvalue weighted by Crippen LogP contribution is -2.39. The van der Waals surface area contributed by atoms with Crippen LogP contribution in [0.1, 0.15) is 23.2 Å². The summed E-state index contributed by atoms with van der Waals surface area (Å²) in [5.74, 6) is -1.88. The van der Waals surface area contributed by atoms with Crippen LogP contribution in [0.2, 0.25) is 0 Å². The van der Waals surface area contributed by atoms with Gasteiger partial charge in [0.1, 0.15) is 5.69 Å². The van der Waals surface area contributed by atoms with Crippen LogP contribution in [0.15, 0.2) is 18.2 Å². The average molecular weight is 293 g/mol. The first-order valence-electron chi connectivity index (χ1n) is 6.46. The summed E-state index contributed by atoms with van der Waals surface area (Å²) in [5, 5.41) is 20.3. The van der Waals surface area contributed by atoms with Gasteiger partial charge in [0.05, 0.1) is 10.5 Å². The number of amides is 1. The van der Waals surface area contributed by atoms with E-state index in [1.807, 2.05) is 0 Å². The molecule has 1 saturated heterocycles. The number of benzene rings is 1. The summed E-state index contributed by atoms with van der Waals surface area (Å²) in [6.07, 6.45) is 0.918. The minimum absolute atomic E-state index is 0.0953. The molecule has 0 aromatic heterocycles. The number of hydrogen-bond acceptors (Lipinski definition) is 5. The lowest BCUT2D eigenvalue weighted by Gasteiger charge is -2.32. The van der Waals surface area contributed by atoms with Crippen LogP contribution in [0.5, 0.6) is 0 Å². The van der Waals surface area contributed by atoms with Crippen LogP contribution in [-0.4, -0.2) is 35.0 Å². The minimum atomic E-state index is -1.22. The molecular formula is C13H15N3O5. The number of nitro groups is 1. The van der Waals surface area contributed by atoms with E-state index in [1.165, 1.54) is 18.2 Å². The highest BCUT2D eigenvalue weighted by Gasteiger charge is 2.30. The number of hydrogen-bond donors (Lipinski definition) is 2. The van der Waals surface area contributed by atoms with Crippen molar-refractivity contribution in [3.05, 3.63) is 33.9 Å². The first kappa shape index (κ1) is 14.8. The Morgan fingerprint density at radius 2 is 1.95 bits per heavy atom. The molecule has 8 nitrogen and oxygen atoms in total. The van der Waals surface area contributed by atoms with Crippen molar-refractivity contribution in [2.75, 3.05) is 18.0 Å². The number of carbonyl (C=O) groups excluding carboxylic acids is 1. The van der Waals surface area contributed by atoms with Crippen LogP contribution in [-0.2, 0) is 4.79 Å². The molecule has 0 radical (unpaired) electrons. The summed E-state index contributed by atoms with van der Waals surface area (Å²) in [5.41, 5.74) is 4.99. The van der Waals surface area contributed by atoms with E-state index in [1.54, 1.807) is 4.90 Å². The maximum Gasteiger partial charge on any atom is 0.338 e. The molecule has 0 saturated carbocycles. The molecule has 112 valence electrons. The Morgan fingerprint density at radius 1 is 1.33 bits per heavy atom. The molecule has 21 heavy (non-hydrogen) atoms. The van der Waals surface area contributed by atoms with E-state index in [4.69, 9.17) is 5.73 Å². The van der Waals surface area contributed by atoms with Gasteiger partial charge in [0.15, 0.2) is 0 Å². The number of carboxylic acid groups (broad SMARTS) is 1. The maximum atomic E-state index is 11.3. The molecule has 3 N–H and O–H groups in total. The average Bonchev–Trinajstić information content (AvgIpc) is 2.46. The van der Waals surface area contributed by atoms with Gasteiger partial charge in [0, 0.05) is 25.1 Å². The van der Waals surface area contributed by atoms with Crippen LogP contribution in [0.25, 0.3) is 0 Å². The normalized spacial score (nSPS) is 15.7. The van der Waals surface area contributed by atoms with Gasteiger partial charge in [-0.1, -0.05) is 6.07 Å². The van der Waals surface area contributed by atoms with Crippen LogP contribution >= 0.6 is 0 Å². The van der Waals surface area contributed by atoms with Gasteiger partial charge in [0.25, 0.3) is 5.69 Å². The zero-order valence-corrected chi connectivity index (χ0v) is 11.2. The molecule has 2 rings (SSSR count). The number of anilines is 1. The lowest BCUT2D eigenvalue weighted by atomic mass is 9.95. The van der Waals surface area contributed by atoms with Gasteiger partial charge in [-0.05, 0) is 18.9 Å². The molecule has 1 aromatic rings. The second-order valence-electron chi connectivity index (χ2n) is 4.90. The quantitative estimate of drug-likeness (QED) is 0.629. The van der Waals surface area contributed by atoms with Crippen molar-refractivity contribution in [2.24, 2.45) is 11.7 Å². The zero-order chi connectivity index (χ0) is 15.6. The van der Waals surface area contributed by atoms with E-state index in [-0.39, 0.29) is 22.9 Å². The van der Waals surface area contributed by atoms with E-state index >= 15 is 0 Å². The molecule has 1 amide bonds. The summed E-state index contributed by atoms with van der Waals surface area (Å²) < 4.78 is 0. The molecule has 0 spiro atoms. The van der Waals surface area contributed by atoms with Crippen molar-refractivity contribution in [1.82, 2.24) is 0 Å². The number of carbonyl (C=O) groups is 2. The molecule has 1 fully saturated rings. The fourth-order valence-corrected chi connectivity index (χ4v) is 2.57. The molecule has 0 bridgehead atoms. The van der Waals surface area contributed by atoms with E-state index in [9.17, 15) is 24.8 Å². The van der Waals surface area contributed by atoms with Gasteiger partial charge in [0.2, 0.25) is 5.91 Å². The highest BCUT2D eigenvalue weighted by Crippen LogP contribution is 2.34. The number of rotatable bonds is 4. The third-order valence-corrected chi connectivity index (χ3v) is 3.66. The molecule has 0 unspecified atom stereocenters. The van der Waals surface area contributed by atoms with Crippen LogP contribution in [0, 0.1) is 16.0 Å². The van der Waals surface area contributed by atoms with Crippen LogP contribution in [0.3, 0.4) is 0 Å². The summed E-state index contributed by atoms with van der Waals surface area (Å²) in [6, 6.07) is 3.97. The second-order valence-corrected chi connectivity index (χ2v) is 4.90. The van der Waals surface area contributed by atoms with Crippen LogP contribution in [0.4, 0.5) is 11.4 Å². The molecule has 0 aliphatic carbocycles. The van der Waals surface area contributed by atoms with E-state index in [0.717, 1.165) is 0 Å². The fourth-order valence-electron chi connectivity index (χ4n) is 2.57. The molecule has 1 aromatic carbocycles. The zero-order valence-electron chi connectivity index (χ0n) is 11.2. The van der Waals surface area contributed by atoms with Gasteiger partial charge >= 0.3 is 5.97 Å². The summed E-state index contributed by atoms with van der Waals surface area (Å²) in [7, 11) is 0. The fraction of sp³-hybridized carbons (Fsp3) is 0.385. The maximum absolute atomic E-state index is 11.3. The number of nitro benzene ring substituents is 1. The molecule has 1 aliphatic heterocycles. The van der Waals surface area contributed by atoms with Crippen molar-refractivity contribution >= 4 is 23.3 Å². The monoisotopic (exact) mass is 293 g/mol. The van der Waals surface area contributed by atoms with Gasteiger partial charge in [-0.15, -0.1) is 0 Å². The molecule has 1 aliphatic rings. The number of piperidine rings is 1. The highest BCUT2D eigenvalue weighted by molar-refractivity contribution is 5.97. The smallest absolute Gasteiger partial charge is 0.338 e. The van der Waals surface area contributed by atoms with Crippen molar-refractivity contribution in [3.8, 4) is 0 Å². The Bertz CT molecular complexity index is 561. The lowest BCUT2D eigenvalue weighted by molar-refractivity contribution is -0.384. The Labute approximate surface area is 120 Å². The van der Waals surface area contributed by atoms with Gasteiger partial charge in [-0.3, -0.25) is 14.9 Å². The van der Waals surface area contributed by atoms with Gasteiger partial charge in [-0.2, -0.15) is 0 Å². The standard InChI is InChI=1S/C13H15N3O5/c14-12(17)8-4-6-15(7-5-8)11-9(13(18)19)2-1-3-10(11)16(20)21/h1-3,8H,4-7H2,(H2,14,17)(H,18,19). The van der Waals surface area contributed by atoms with Crippen molar-refractivity contribution < 1.29 is 19.6 Å². The second kappa shape index (κ2) is 5.78. The highest BCUT2D eigenvalue weighted by atomic mass is 16.6. The van der Waals surface area contributed by atoms with Gasteiger partial charge in [-0.25, -0.2) is 4.79 Å². The molecule has 8 heteroatoms. The minimum Gasteiger partial charge on any atom is -0.478 e. The third kappa shape index (κ3) is 2.93. The first-order chi connectivity index (χ1) is 9.91. The number of primary amides is 1. The number of para-hydroxylation sites is 1. The SMILES string of the molecule is NC(=O)C1CCN(c2c(C(=O)O)cccc2[N+](=O)[O-])CC1. The topological polar surface area (TPSA) is 127 Å². The summed E-state index contributed by atoms with van der Waals surface area (Å²) >= 11 is 0. The molecule has 0 atom stereocenters. The number of nitrogens with two attached hydrogens (primary N) is 1. The van der Waals surface area contributed by atoms with E-state index < -0.39 is 16.8 Å². The van der Waals surface area contributed by atoms with E-state index in [0.29, 0.717) is 25.9 Å². The predicted octanol–water partition coefficient (Wildman–Crippen LogP) is 0.995. The molecule has 1 heterocycles. The Kier molecular flexibility index (Phi) is 4.06. The third-order valence-electron chi connectivity index (χ3n) is 3.66. The van der Waals surface area contributed by atoms with Crippen molar-refractivity contribution in [3.63, 3.8) is 0 Å². The summed E-state index contributed by atoms with van der Waals surface area (Å²) in [6.45, 7) is 0.720. The first-order valence-corrected chi connectivity index (χ1v) is 6.46. The largest absolute Gasteiger partial charge is 0.478 e. The Hall–Kier alpha value is -2.64.